The van der Waals surface area contributed by atoms with Gasteiger partial charge in [0.05, 0.1) is 19.8 Å². The van der Waals surface area contributed by atoms with Gasteiger partial charge in [0.2, 0.25) is 0 Å². The van der Waals surface area contributed by atoms with Gasteiger partial charge < -0.3 is 39.4 Å². The molecule has 1 heterocycles. The van der Waals surface area contributed by atoms with E-state index in [1.54, 1.807) is 0 Å². The molecule has 0 aromatic heterocycles. The molecule has 0 bridgehead atoms. The smallest absolute Gasteiger partial charge is 0.306 e. The molecular formula is C38H74O9. The van der Waals surface area contributed by atoms with Gasteiger partial charge in [-0.15, -0.1) is 0 Å². The van der Waals surface area contributed by atoms with Crippen LogP contribution in [0.5, 0.6) is 0 Å². The number of aliphatic hydroxyl groups is 4. The summed E-state index contributed by atoms with van der Waals surface area (Å²) < 4.78 is 22.7. The normalized spacial score (nSPS) is 22.0. The molecule has 1 aliphatic heterocycles. The molecule has 0 aromatic carbocycles. The third kappa shape index (κ3) is 23.3. The van der Waals surface area contributed by atoms with Crippen LogP contribution in [0.1, 0.15) is 174 Å². The summed E-state index contributed by atoms with van der Waals surface area (Å²) in [5, 5.41) is 39.9. The molecule has 9 heteroatoms. The summed E-state index contributed by atoms with van der Waals surface area (Å²) in [5.74, 6) is -0.313. The van der Waals surface area contributed by atoms with Crippen LogP contribution < -0.4 is 0 Å². The van der Waals surface area contributed by atoms with Crippen molar-refractivity contribution >= 4 is 5.97 Å². The average Bonchev–Trinajstić information content (AvgIpc) is 3.07. The molecule has 4 N–H and O–H groups in total. The topological polar surface area (TPSA) is 135 Å². The van der Waals surface area contributed by atoms with E-state index in [1.807, 2.05) is 0 Å². The molecule has 1 rings (SSSR count). The Balaban J connectivity index is 2.30. The highest BCUT2D eigenvalue weighted by Gasteiger charge is 2.44. The van der Waals surface area contributed by atoms with E-state index in [1.165, 1.54) is 122 Å². The van der Waals surface area contributed by atoms with Crippen molar-refractivity contribution in [1.29, 1.82) is 0 Å². The van der Waals surface area contributed by atoms with E-state index < -0.39 is 43.4 Å². The lowest BCUT2D eigenvalue weighted by molar-refractivity contribution is -0.305. The van der Waals surface area contributed by atoms with Crippen LogP contribution in [0.2, 0.25) is 0 Å². The van der Waals surface area contributed by atoms with Gasteiger partial charge in [0.1, 0.15) is 30.5 Å². The lowest BCUT2D eigenvalue weighted by Crippen LogP contribution is -2.59. The highest BCUT2D eigenvalue weighted by atomic mass is 16.7. The van der Waals surface area contributed by atoms with Crippen molar-refractivity contribution in [2.24, 2.45) is 0 Å². The molecule has 0 radical (unpaired) electrons. The second kappa shape index (κ2) is 31.2. The zero-order valence-corrected chi connectivity index (χ0v) is 30.3. The van der Waals surface area contributed by atoms with Crippen molar-refractivity contribution < 1.29 is 44.2 Å². The Hall–Kier alpha value is -0.810. The van der Waals surface area contributed by atoms with Crippen LogP contribution in [0.25, 0.3) is 0 Å². The van der Waals surface area contributed by atoms with Gasteiger partial charge in [0.25, 0.3) is 0 Å². The number of unbranched alkanes of at least 4 members (excludes halogenated alkanes) is 22. The molecule has 6 unspecified atom stereocenters. The van der Waals surface area contributed by atoms with Gasteiger partial charge in [-0.05, 0) is 12.8 Å². The van der Waals surface area contributed by atoms with Crippen LogP contribution in [0.15, 0.2) is 0 Å². The third-order valence-electron chi connectivity index (χ3n) is 9.27. The number of carbonyl (C=O) groups excluding carboxylic acids is 1. The number of hydrogen-bond acceptors (Lipinski definition) is 9. The molecule has 9 nitrogen and oxygen atoms in total. The monoisotopic (exact) mass is 675 g/mol. The summed E-state index contributed by atoms with van der Waals surface area (Å²) in [4.78, 5) is 12.6. The van der Waals surface area contributed by atoms with Crippen LogP contribution in [-0.4, -0.2) is 89.6 Å². The van der Waals surface area contributed by atoms with Crippen molar-refractivity contribution in [2.75, 3.05) is 26.4 Å². The van der Waals surface area contributed by atoms with Crippen molar-refractivity contribution in [1.82, 2.24) is 0 Å². The predicted octanol–water partition coefficient (Wildman–Crippen LogP) is 7.52. The van der Waals surface area contributed by atoms with Gasteiger partial charge in [-0.1, -0.05) is 155 Å². The van der Waals surface area contributed by atoms with Gasteiger partial charge in [-0.25, -0.2) is 0 Å². The number of aliphatic hydroxyl groups excluding tert-OH is 4. The quantitative estimate of drug-likeness (QED) is 0.0412. The maximum atomic E-state index is 12.6. The average molecular weight is 675 g/mol. The minimum absolute atomic E-state index is 0.106. The van der Waals surface area contributed by atoms with Crippen LogP contribution in [0, 0.1) is 0 Å². The Morgan fingerprint density at radius 2 is 1.04 bits per heavy atom. The molecule has 0 amide bonds. The molecular weight excluding hydrogens is 600 g/mol. The Bertz CT molecular complexity index is 692. The summed E-state index contributed by atoms with van der Waals surface area (Å²) in [7, 11) is 0. The van der Waals surface area contributed by atoms with E-state index in [0.29, 0.717) is 13.0 Å². The molecule has 0 aromatic rings. The molecule has 0 aliphatic carbocycles. The van der Waals surface area contributed by atoms with Crippen LogP contribution in [0.4, 0.5) is 0 Å². The number of hydrogen-bond donors (Lipinski definition) is 4. The first-order valence-electron chi connectivity index (χ1n) is 19.6. The van der Waals surface area contributed by atoms with Crippen molar-refractivity contribution in [3.05, 3.63) is 0 Å². The van der Waals surface area contributed by atoms with Crippen LogP contribution >= 0.6 is 0 Å². The third-order valence-corrected chi connectivity index (χ3v) is 9.27. The van der Waals surface area contributed by atoms with E-state index in [9.17, 15) is 25.2 Å². The summed E-state index contributed by atoms with van der Waals surface area (Å²) in [6, 6.07) is 0. The fraction of sp³-hybridized carbons (Fsp3) is 0.974. The van der Waals surface area contributed by atoms with Crippen LogP contribution in [-0.2, 0) is 23.7 Å². The summed E-state index contributed by atoms with van der Waals surface area (Å²) in [5.41, 5.74) is 0. The number of carbonyl (C=O) groups is 1. The fourth-order valence-electron chi connectivity index (χ4n) is 6.14. The Kier molecular flexibility index (Phi) is 29.3. The summed E-state index contributed by atoms with van der Waals surface area (Å²) >= 11 is 0. The fourth-order valence-corrected chi connectivity index (χ4v) is 6.14. The Morgan fingerprint density at radius 3 is 1.51 bits per heavy atom. The van der Waals surface area contributed by atoms with Crippen molar-refractivity contribution in [2.45, 2.75) is 211 Å². The van der Waals surface area contributed by atoms with E-state index in [0.717, 1.165) is 32.1 Å². The standard InChI is InChI=1S/C38H74O9/c1-3-5-7-9-11-13-15-16-17-18-20-22-24-26-28-44-30-32(31-45-38-37(43)36(42)35(41)33(29-39)47-38)46-34(40)27-25-23-21-19-14-12-10-8-6-4-2/h32-33,35-39,41-43H,3-31H2,1-2H3. The summed E-state index contributed by atoms with van der Waals surface area (Å²) in [6.45, 7) is 4.56. The lowest BCUT2D eigenvalue weighted by Gasteiger charge is -2.39. The van der Waals surface area contributed by atoms with E-state index >= 15 is 0 Å². The first kappa shape index (κ1) is 44.2. The summed E-state index contributed by atoms with van der Waals surface area (Å²) in [6.07, 6.45) is 22.7. The number of esters is 1. The highest BCUT2D eigenvalue weighted by molar-refractivity contribution is 5.69. The molecule has 6 atom stereocenters. The van der Waals surface area contributed by atoms with Gasteiger partial charge in [-0.3, -0.25) is 4.79 Å². The largest absolute Gasteiger partial charge is 0.457 e. The second-order valence-corrected chi connectivity index (χ2v) is 13.7. The zero-order chi connectivity index (χ0) is 34.4. The predicted molar refractivity (Wildman–Crippen MR) is 187 cm³/mol. The molecule has 47 heavy (non-hydrogen) atoms. The Morgan fingerprint density at radius 1 is 0.596 bits per heavy atom. The lowest BCUT2D eigenvalue weighted by atomic mass is 9.99. The molecule has 1 saturated heterocycles. The first-order chi connectivity index (χ1) is 22.9. The van der Waals surface area contributed by atoms with Gasteiger partial charge in [-0.2, -0.15) is 0 Å². The van der Waals surface area contributed by atoms with E-state index in [2.05, 4.69) is 13.8 Å². The molecule has 0 spiro atoms. The minimum atomic E-state index is -1.53. The molecule has 0 saturated carbocycles. The molecule has 1 fully saturated rings. The maximum Gasteiger partial charge on any atom is 0.306 e. The van der Waals surface area contributed by atoms with Crippen molar-refractivity contribution in [3.8, 4) is 0 Å². The highest BCUT2D eigenvalue weighted by Crippen LogP contribution is 2.22. The van der Waals surface area contributed by atoms with Gasteiger partial charge >= 0.3 is 5.97 Å². The SMILES string of the molecule is CCCCCCCCCCCCCCCCOCC(COC1OC(CO)C(O)C(O)C1O)OC(=O)CCCCCCCCCCCC. The zero-order valence-electron chi connectivity index (χ0n) is 30.3. The Labute approximate surface area is 287 Å². The van der Waals surface area contributed by atoms with Crippen molar-refractivity contribution in [3.63, 3.8) is 0 Å². The maximum absolute atomic E-state index is 12.6. The first-order valence-corrected chi connectivity index (χ1v) is 19.6. The number of ether oxygens (including phenoxy) is 4. The minimum Gasteiger partial charge on any atom is -0.457 e. The molecule has 1 aliphatic rings. The van der Waals surface area contributed by atoms with E-state index in [4.69, 9.17) is 18.9 Å². The van der Waals surface area contributed by atoms with E-state index in [-0.39, 0.29) is 19.2 Å². The van der Waals surface area contributed by atoms with Gasteiger partial charge in [0, 0.05) is 13.0 Å². The second-order valence-electron chi connectivity index (χ2n) is 13.7. The van der Waals surface area contributed by atoms with Gasteiger partial charge in [0.15, 0.2) is 6.29 Å². The van der Waals surface area contributed by atoms with Crippen LogP contribution in [0.3, 0.4) is 0 Å². The molecule has 280 valence electrons. The number of rotatable bonds is 33.